The van der Waals surface area contributed by atoms with Crippen molar-refractivity contribution in [3.8, 4) is 0 Å². The van der Waals surface area contributed by atoms with Gasteiger partial charge in [0.2, 0.25) is 5.91 Å². The number of hydrogen-bond acceptors (Lipinski definition) is 8. The van der Waals surface area contributed by atoms with Gasteiger partial charge in [0.05, 0.1) is 18.2 Å². The fourth-order valence-corrected chi connectivity index (χ4v) is 4.01. The van der Waals surface area contributed by atoms with Crippen LogP contribution < -0.4 is 26.8 Å². The van der Waals surface area contributed by atoms with Gasteiger partial charge in [-0.1, -0.05) is 25.4 Å². The monoisotopic (exact) mass is 493 g/mol. The third kappa shape index (κ3) is 6.16. The second kappa shape index (κ2) is 11.5. The SMILES string of the molecule is COCCN(C(=O)CN1CCN(c2ccc(Cl)cn2)CC1)c1c(N)n(CC(C)C)c(=O)[nH]c1=O. The molecule has 0 aliphatic carbocycles. The molecule has 0 bridgehead atoms. The molecule has 12 heteroatoms. The van der Waals surface area contributed by atoms with Gasteiger partial charge >= 0.3 is 5.69 Å². The van der Waals surface area contributed by atoms with Gasteiger partial charge in [0.15, 0.2) is 5.69 Å². The number of methoxy groups -OCH3 is 1. The summed E-state index contributed by atoms with van der Waals surface area (Å²) >= 11 is 5.92. The Balaban J connectivity index is 1.76. The summed E-state index contributed by atoms with van der Waals surface area (Å²) < 4.78 is 6.45. The highest BCUT2D eigenvalue weighted by atomic mass is 35.5. The molecule has 1 saturated heterocycles. The van der Waals surface area contributed by atoms with Crippen LogP contribution in [0.15, 0.2) is 27.9 Å². The van der Waals surface area contributed by atoms with Gasteiger partial charge in [0.1, 0.15) is 11.6 Å². The van der Waals surface area contributed by atoms with Gasteiger partial charge in [-0.05, 0) is 18.1 Å². The van der Waals surface area contributed by atoms with Crippen LogP contribution in [0.2, 0.25) is 5.02 Å². The third-order valence-electron chi connectivity index (χ3n) is 5.62. The number of nitrogens with two attached hydrogens (primary N) is 1. The summed E-state index contributed by atoms with van der Waals surface area (Å²) in [5.74, 6) is 0.643. The molecule has 0 spiro atoms. The first kappa shape index (κ1) is 25.7. The van der Waals surface area contributed by atoms with Gasteiger partial charge in [0.25, 0.3) is 5.56 Å². The number of hydrogen-bond donors (Lipinski definition) is 2. The molecule has 1 amide bonds. The Bertz CT molecular complexity index is 1090. The summed E-state index contributed by atoms with van der Waals surface area (Å²) in [6, 6.07) is 3.67. The van der Waals surface area contributed by atoms with Crippen LogP contribution in [0, 0.1) is 5.92 Å². The van der Waals surface area contributed by atoms with E-state index in [1.807, 2.05) is 24.8 Å². The molecule has 0 unspecified atom stereocenters. The minimum absolute atomic E-state index is 0.0219. The van der Waals surface area contributed by atoms with Crippen molar-refractivity contribution in [2.45, 2.75) is 20.4 Å². The molecule has 0 saturated carbocycles. The van der Waals surface area contributed by atoms with E-state index in [0.29, 0.717) is 37.7 Å². The van der Waals surface area contributed by atoms with E-state index in [1.54, 1.807) is 12.3 Å². The number of nitrogens with one attached hydrogen (secondary N) is 1. The average Bonchev–Trinajstić information content (AvgIpc) is 2.79. The first-order valence-electron chi connectivity index (χ1n) is 11.2. The molecule has 1 aliphatic rings. The average molecular weight is 494 g/mol. The van der Waals surface area contributed by atoms with Crippen LogP contribution in [0.5, 0.6) is 0 Å². The molecule has 3 rings (SSSR count). The molecular formula is C22H32ClN7O4. The maximum atomic E-state index is 13.3. The van der Waals surface area contributed by atoms with Gasteiger partial charge in [-0.25, -0.2) is 9.78 Å². The van der Waals surface area contributed by atoms with Gasteiger partial charge in [0, 0.05) is 52.6 Å². The van der Waals surface area contributed by atoms with Gasteiger partial charge in [-0.3, -0.25) is 24.0 Å². The van der Waals surface area contributed by atoms with Crippen LogP contribution >= 0.6 is 11.6 Å². The summed E-state index contributed by atoms with van der Waals surface area (Å²) in [5, 5.41) is 0.582. The molecule has 1 fully saturated rings. The van der Waals surface area contributed by atoms with E-state index in [-0.39, 0.29) is 43.0 Å². The molecule has 186 valence electrons. The van der Waals surface area contributed by atoms with E-state index in [1.165, 1.54) is 16.6 Å². The molecule has 3 heterocycles. The minimum Gasteiger partial charge on any atom is -0.383 e. The van der Waals surface area contributed by atoms with E-state index in [2.05, 4.69) is 14.9 Å². The zero-order valence-corrected chi connectivity index (χ0v) is 20.5. The minimum atomic E-state index is -0.689. The number of carbonyl (C=O) groups is 1. The van der Waals surface area contributed by atoms with Crippen molar-refractivity contribution in [3.63, 3.8) is 0 Å². The van der Waals surface area contributed by atoms with Crippen molar-refractivity contribution in [1.29, 1.82) is 0 Å². The zero-order valence-electron chi connectivity index (χ0n) is 19.8. The molecule has 3 N–H and O–H groups in total. The fraction of sp³-hybridized carbons (Fsp3) is 0.545. The Labute approximate surface area is 203 Å². The van der Waals surface area contributed by atoms with Crippen molar-refractivity contribution in [1.82, 2.24) is 19.4 Å². The number of rotatable bonds is 9. The number of pyridine rings is 1. The Morgan fingerprint density at radius 2 is 1.97 bits per heavy atom. The molecular weight excluding hydrogens is 462 g/mol. The Hall–Kier alpha value is -2.89. The third-order valence-corrected chi connectivity index (χ3v) is 5.84. The van der Waals surface area contributed by atoms with Crippen LogP contribution in [-0.4, -0.2) is 78.3 Å². The predicted molar refractivity (Wildman–Crippen MR) is 133 cm³/mol. The lowest BCUT2D eigenvalue weighted by Gasteiger charge is -2.36. The normalized spacial score (nSPS) is 14.6. The Kier molecular flexibility index (Phi) is 8.70. The molecule has 11 nitrogen and oxygen atoms in total. The van der Waals surface area contributed by atoms with Crippen LogP contribution in [0.4, 0.5) is 17.3 Å². The van der Waals surface area contributed by atoms with Gasteiger partial charge in [-0.15, -0.1) is 0 Å². The highest BCUT2D eigenvalue weighted by molar-refractivity contribution is 6.30. The summed E-state index contributed by atoms with van der Waals surface area (Å²) in [4.78, 5) is 50.5. The van der Waals surface area contributed by atoms with E-state index in [4.69, 9.17) is 22.1 Å². The second-order valence-corrected chi connectivity index (χ2v) is 9.07. The van der Waals surface area contributed by atoms with E-state index < -0.39 is 11.2 Å². The van der Waals surface area contributed by atoms with Crippen LogP contribution in [0.3, 0.4) is 0 Å². The largest absolute Gasteiger partial charge is 0.383 e. The first-order chi connectivity index (χ1) is 16.2. The number of amides is 1. The standard InChI is InChI=1S/C22H32ClN7O4/c1-15(2)13-30-20(24)19(21(32)26-22(30)33)29(10-11-34-3)18(31)14-27-6-8-28(9-7-27)17-5-4-16(23)12-25-17/h4-5,12,15H,6-11,13-14,24H2,1-3H3,(H,26,32,33). The Morgan fingerprint density at radius 3 is 2.56 bits per heavy atom. The van der Waals surface area contributed by atoms with Gasteiger partial charge < -0.3 is 20.3 Å². The summed E-state index contributed by atoms with van der Waals surface area (Å²) in [6.07, 6.45) is 1.61. The lowest BCUT2D eigenvalue weighted by molar-refractivity contribution is -0.120. The number of carbonyl (C=O) groups excluding carboxylic acids is 1. The van der Waals surface area contributed by atoms with Crippen LogP contribution in [0.25, 0.3) is 0 Å². The first-order valence-corrected chi connectivity index (χ1v) is 11.6. The number of halogens is 1. The maximum absolute atomic E-state index is 13.3. The molecule has 34 heavy (non-hydrogen) atoms. The number of nitrogens with zero attached hydrogens (tertiary/aromatic N) is 5. The van der Waals surface area contributed by atoms with Gasteiger partial charge in [-0.2, -0.15) is 0 Å². The van der Waals surface area contributed by atoms with Crippen molar-refractivity contribution in [2.75, 3.05) is 68.5 Å². The fourth-order valence-electron chi connectivity index (χ4n) is 3.90. The number of nitrogen functional groups attached to an aromatic ring is 1. The number of ether oxygens (including phenoxy) is 1. The van der Waals surface area contributed by atoms with E-state index in [0.717, 1.165) is 5.82 Å². The zero-order chi connectivity index (χ0) is 24.8. The number of aromatic nitrogens is 3. The second-order valence-electron chi connectivity index (χ2n) is 8.63. The molecule has 0 aromatic carbocycles. The predicted octanol–water partition coefficient (Wildman–Crippen LogP) is 0.625. The van der Waals surface area contributed by atoms with Crippen molar-refractivity contribution >= 4 is 34.8 Å². The van der Waals surface area contributed by atoms with Crippen molar-refractivity contribution in [3.05, 3.63) is 44.2 Å². The summed E-state index contributed by atoms with van der Waals surface area (Å²) in [5.41, 5.74) is 4.94. The maximum Gasteiger partial charge on any atom is 0.330 e. The quantitative estimate of drug-likeness (QED) is 0.520. The number of H-pyrrole nitrogens is 1. The highest BCUT2D eigenvalue weighted by Crippen LogP contribution is 2.19. The molecule has 2 aromatic heterocycles. The van der Waals surface area contributed by atoms with E-state index in [9.17, 15) is 14.4 Å². The smallest absolute Gasteiger partial charge is 0.330 e. The topological polar surface area (TPSA) is 130 Å². The number of piperazine rings is 1. The molecule has 0 radical (unpaired) electrons. The lowest BCUT2D eigenvalue weighted by Crippen LogP contribution is -2.51. The summed E-state index contributed by atoms with van der Waals surface area (Å²) in [6.45, 7) is 7.33. The number of aromatic amines is 1. The summed E-state index contributed by atoms with van der Waals surface area (Å²) in [7, 11) is 1.51. The molecule has 0 atom stereocenters. The van der Waals surface area contributed by atoms with Crippen molar-refractivity contribution < 1.29 is 9.53 Å². The molecule has 1 aliphatic heterocycles. The highest BCUT2D eigenvalue weighted by Gasteiger charge is 2.27. The molecule has 2 aromatic rings. The van der Waals surface area contributed by atoms with Crippen molar-refractivity contribution in [2.24, 2.45) is 5.92 Å². The lowest BCUT2D eigenvalue weighted by atomic mass is 10.2. The Morgan fingerprint density at radius 1 is 1.26 bits per heavy atom. The number of anilines is 3. The van der Waals surface area contributed by atoms with Crippen LogP contribution in [0.1, 0.15) is 13.8 Å². The van der Waals surface area contributed by atoms with Crippen LogP contribution in [-0.2, 0) is 16.1 Å². The van der Waals surface area contributed by atoms with E-state index >= 15 is 0 Å².